The zero-order chi connectivity index (χ0) is 13.6. The Balaban J connectivity index is 1.85. The summed E-state index contributed by atoms with van der Waals surface area (Å²) in [6.07, 6.45) is 0. The van der Waals surface area contributed by atoms with Crippen molar-refractivity contribution in [1.82, 2.24) is 0 Å². The van der Waals surface area contributed by atoms with Gasteiger partial charge in [-0.05, 0) is 37.1 Å². The van der Waals surface area contributed by atoms with Crippen molar-refractivity contribution >= 4 is 45.3 Å². The lowest BCUT2D eigenvalue weighted by molar-refractivity contribution is 0.603. The smallest absolute Gasteiger partial charge is 0.200 e. The fourth-order valence-electron chi connectivity index (χ4n) is 1.65. The zero-order valence-electron chi connectivity index (χ0n) is 11.4. The van der Waals surface area contributed by atoms with Crippen molar-refractivity contribution in [3.8, 4) is 0 Å². The van der Waals surface area contributed by atoms with Gasteiger partial charge in [0, 0.05) is 11.0 Å². The Labute approximate surface area is 123 Å². The van der Waals surface area contributed by atoms with E-state index in [-0.39, 0.29) is 14.0 Å². The number of rotatable bonds is 1. The van der Waals surface area contributed by atoms with Gasteiger partial charge in [0.15, 0.2) is 0 Å². The number of benzene rings is 1. The van der Waals surface area contributed by atoms with Gasteiger partial charge in [-0.3, -0.25) is 0 Å². The van der Waals surface area contributed by atoms with E-state index in [1.807, 2.05) is 21.6 Å². The first-order chi connectivity index (χ1) is 8.93. The second-order valence-corrected chi connectivity index (χ2v) is 11.2. The third kappa shape index (κ3) is 2.69. The molecule has 2 aliphatic rings. The number of hydrogen-bond acceptors (Lipinski definition) is 4. The van der Waals surface area contributed by atoms with Crippen LogP contribution in [0.25, 0.3) is 0 Å². The van der Waals surface area contributed by atoms with Crippen LogP contribution in [0.2, 0.25) is 0 Å². The van der Waals surface area contributed by atoms with Crippen molar-refractivity contribution in [2.45, 2.75) is 27.7 Å². The zero-order valence-corrected chi connectivity index (χ0v) is 13.9. The minimum absolute atomic E-state index is 0.0622. The molecule has 100 valence electrons. The molecule has 0 spiro atoms. The molecular formula is C14H16N2S3. The average Bonchev–Trinajstić information content (AvgIpc) is 2.86. The van der Waals surface area contributed by atoms with Crippen LogP contribution in [0.15, 0.2) is 34.3 Å². The van der Waals surface area contributed by atoms with Gasteiger partial charge in [-0.1, -0.05) is 50.6 Å². The first-order valence-corrected chi connectivity index (χ1v) is 10.1. The third-order valence-corrected chi connectivity index (χ3v) is 8.90. The molecule has 1 unspecified atom stereocenters. The van der Waals surface area contributed by atoms with Gasteiger partial charge in [0.2, 0.25) is 5.11 Å². The van der Waals surface area contributed by atoms with E-state index in [9.17, 15) is 0 Å². The minimum Gasteiger partial charge on any atom is -0.218 e. The van der Waals surface area contributed by atoms with Crippen LogP contribution in [-0.4, -0.2) is 15.2 Å². The highest BCUT2D eigenvalue weighted by atomic mass is 33.5. The van der Waals surface area contributed by atoms with Crippen LogP contribution in [-0.2, 0) is 0 Å². The van der Waals surface area contributed by atoms with Gasteiger partial charge in [-0.25, -0.2) is 9.98 Å². The fraction of sp³-hybridized carbons (Fsp3) is 0.357. The van der Waals surface area contributed by atoms with E-state index in [0.29, 0.717) is 0 Å². The molecule has 2 nitrogen and oxygen atoms in total. The molecule has 0 saturated heterocycles. The lowest BCUT2D eigenvalue weighted by Gasteiger charge is -2.17. The highest BCUT2D eigenvalue weighted by molar-refractivity contribution is 9.21. The SMILES string of the molecule is Cc1ccc(C2=NC3=S(S2)SC(C(C)(C)C)=N3)cc1. The van der Waals surface area contributed by atoms with Crippen molar-refractivity contribution < 1.29 is 0 Å². The van der Waals surface area contributed by atoms with Gasteiger partial charge < -0.3 is 0 Å². The summed E-state index contributed by atoms with van der Waals surface area (Å²) < 4.78 is 0. The molecule has 0 fully saturated rings. The van der Waals surface area contributed by atoms with Crippen molar-refractivity contribution in [3.63, 3.8) is 0 Å². The van der Waals surface area contributed by atoms with Gasteiger partial charge in [-0.2, -0.15) is 0 Å². The summed E-state index contributed by atoms with van der Waals surface area (Å²) in [6, 6.07) is 8.56. The van der Waals surface area contributed by atoms with Crippen LogP contribution in [0, 0.1) is 12.3 Å². The number of aryl methyl sites for hydroxylation is 1. The monoisotopic (exact) mass is 308 g/mol. The normalized spacial score (nSPS) is 22.3. The highest BCUT2D eigenvalue weighted by Gasteiger charge is 2.32. The molecule has 19 heavy (non-hydrogen) atoms. The summed E-state index contributed by atoms with van der Waals surface area (Å²) >= 11 is 0. The lowest BCUT2D eigenvalue weighted by Crippen LogP contribution is -2.15. The Morgan fingerprint density at radius 1 is 1.00 bits per heavy atom. The largest absolute Gasteiger partial charge is 0.218 e. The van der Waals surface area contributed by atoms with Gasteiger partial charge >= 0.3 is 0 Å². The summed E-state index contributed by atoms with van der Waals surface area (Å²) in [4.78, 5) is 9.43. The summed E-state index contributed by atoms with van der Waals surface area (Å²) in [6.45, 7) is 8.73. The molecule has 1 atom stereocenters. The molecule has 1 aromatic carbocycles. The summed E-state index contributed by atoms with van der Waals surface area (Å²) in [5, 5.41) is 3.34. The van der Waals surface area contributed by atoms with Crippen molar-refractivity contribution in [2.75, 3.05) is 0 Å². The molecule has 0 bridgehead atoms. The van der Waals surface area contributed by atoms with Gasteiger partial charge in [-0.15, -0.1) is 0 Å². The third-order valence-electron chi connectivity index (χ3n) is 2.79. The Bertz CT molecular complexity index is 619. The van der Waals surface area contributed by atoms with Crippen LogP contribution < -0.4 is 0 Å². The van der Waals surface area contributed by atoms with E-state index in [4.69, 9.17) is 9.98 Å². The molecule has 3 rings (SSSR count). The van der Waals surface area contributed by atoms with Crippen molar-refractivity contribution in [1.29, 1.82) is 0 Å². The molecule has 0 aromatic heterocycles. The molecule has 0 aliphatic carbocycles. The minimum atomic E-state index is 0.0622. The second-order valence-electron chi connectivity index (χ2n) is 5.63. The lowest BCUT2D eigenvalue weighted by atomic mass is 9.99. The van der Waals surface area contributed by atoms with Gasteiger partial charge in [0.25, 0.3) is 0 Å². The maximum atomic E-state index is 4.71. The summed E-state index contributed by atoms with van der Waals surface area (Å²) in [7, 11) is 3.79. The van der Waals surface area contributed by atoms with E-state index >= 15 is 0 Å². The molecule has 2 aliphatic heterocycles. The number of nitrogens with zero attached hydrogens (tertiary/aromatic N) is 2. The molecule has 2 heterocycles. The van der Waals surface area contributed by atoms with E-state index in [1.54, 1.807) is 0 Å². The molecule has 5 heteroatoms. The standard InChI is InChI=1S/C14H16N2S3/c1-9-5-7-10(8-6-9)11-15-13-16-12(14(2,3)4)18-19(13)17-11/h5-8H,1-4H3. The van der Waals surface area contributed by atoms with E-state index in [1.165, 1.54) is 16.2 Å². The number of aliphatic imine (C=N–C) groups is 2. The molecular weight excluding hydrogens is 292 g/mol. The van der Waals surface area contributed by atoms with Crippen LogP contribution in [0.1, 0.15) is 31.9 Å². The van der Waals surface area contributed by atoms with Gasteiger partial charge in [0.05, 0.1) is 5.04 Å². The molecule has 0 amide bonds. The van der Waals surface area contributed by atoms with Crippen LogP contribution in [0.5, 0.6) is 0 Å². The van der Waals surface area contributed by atoms with E-state index in [0.717, 1.165) is 10.2 Å². The second kappa shape index (κ2) is 4.79. The first kappa shape index (κ1) is 13.5. The van der Waals surface area contributed by atoms with Crippen molar-refractivity contribution in [3.05, 3.63) is 35.4 Å². The van der Waals surface area contributed by atoms with E-state index < -0.39 is 0 Å². The Hall–Kier alpha value is -0.520. The number of hydrogen-bond donors (Lipinski definition) is 0. The topological polar surface area (TPSA) is 24.7 Å². The van der Waals surface area contributed by atoms with Crippen LogP contribution in [0.3, 0.4) is 0 Å². The predicted molar refractivity (Wildman–Crippen MR) is 92.4 cm³/mol. The predicted octanol–water partition coefficient (Wildman–Crippen LogP) is 4.87. The molecule has 0 N–H and O–H groups in total. The van der Waals surface area contributed by atoms with Crippen LogP contribution >= 0.6 is 30.1 Å². The molecule has 0 saturated carbocycles. The first-order valence-electron chi connectivity index (χ1n) is 6.16. The van der Waals surface area contributed by atoms with Crippen LogP contribution in [0.4, 0.5) is 0 Å². The molecule has 1 aromatic rings. The molecule has 0 radical (unpaired) electrons. The summed E-state index contributed by atoms with van der Waals surface area (Å²) in [5.74, 6) is 0. The van der Waals surface area contributed by atoms with Gasteiger partial charge in [0.1, 0.15) is 5.04 Å². The maximum Gasteiger partial charge on any atom is 0.200 e. The highest BCUT2D eigenvalue weighted by Crippen LogP contribution is 2.56. The Kier molecular flexibility index (Phi) is 3.39. The van der Waals surface area contributed by atoms with Crippen molar-refractivity contribution in [2.24, 2.45) is 15.4 Å². The summed E-state index contributed by atoms with van der Waals surface area (Å²) in [5.41, 5.74) is 2.62. The average molecular weight is 308 g/mol. The Morgan fingerprint density at radius 2 is 1.68 bits per heavy atom. The fourth-order valence-corrected chi connectivity index (χ4v) is 7.88. The quantitative estimate of drug-likeness (QED) is 0.546. The maximum absolute atomic E-state index is 4.71. The Morgan fingerprint density at radius 3 is 2.26 bits per heavy atom. The van der Waals surface area contributed by atoms with E-state index in [2.05, 4.69) is 52.0 Å².